The fourth-order valence-corrected chi connectivity index (χ4v) is 2.41. The lowest BCUT2D eigenvalue weighted by Crippen LogP contribution is -2.35. The minimum absolute atomic E-state index is 0.201. The fraction of sp³-hybridized carbons (Fsp3) is 0.579. The fourth-order valence-electron chi connectivity index (χ4n) is 2.41. The number of carbonyl (C=O) groups is 2. The number of terminal acetylenes is 1. The minimum atomic E-state index is -0.723. The van der Waals surface area contributed by atoms with Crippen molar-refractivity contribution in [2.75, 3.05) is 14.2 Å². The second-order valence-corrected chi connectivity index (χ2v) is 5.34. The van der Waals surface area contributed by atoms with Crippen LogP contribution < -0.4 is 0 Å². The summed E-state index contributed by atoms with van der Waals surface area (Å²) in [6.45, 7) is 0. The molecule has 1 fully saturated rings. The van der Waals surface area contributed by atoms with Crippen molar-refractivity contribution in [2.24, 2.45) is 0 Å². The molecule has 0 aromatic rings. The second kappa shape index (κ2) is 11.8. The van der Waals surface area contributed by atoms with E-state index in [1.165, 1.54) is 14.2 Å². The van der Waals surface area contributed by atoms with Crippen LogP contribution in [0.25, 0.3) is 0 Å². The molecule has 1 saturated heterocycles. The van der Waals surface area contributed by atoms with Crippen LogP contribution in [0.1, 0.15) is 38.5 Å². The van der Waals surface area contributed by atoms with E-state index in [1.807, 2.05) is 0 Å². The van der Waals surface area contributed by atoms with Crippen molar-refractivity contribution in [3.63, 3.8) is 0 Å². The molecule has 0 N–H and O–H groups in total. The molecule has 3 atom stereocenters. The summed E-state index contributed by atoms with van der Waals surface area (Å²) in [5, 5.41) is 0. The monoisotopic (exact) mass is 346 g/mol. The third-order valence-corrected chi connectivity index (χ3v) is 3.66. The first kappa shape index (κ1) is 20.4. The number of cyclic esters (lactones) is 2. The molecule has 0 saturated carbocycles. The Balaban J connectivity index is 2.45. The van der Waals surface area contributed by atoms with Gasteiger partial charge in [-0.1, -0.05) is 18.8 Å². The van der Waals surface area contributed by atoms with E-state index in [9.17, 15) is 9.59 Å². The highest BCUT2D eigenvalue weighted by molar-refractivity contribution is 5.68. The molecule has 0 aromatic carbocycles. The van der Waals surface area contributed by atoms with Crippen LogP contribution in [0.5, 0.6) is 0 Å². The van der Waals surface area contributed by atoms with Crippen molar-refractivity contribution < 1.29 is 28.5 Å². The summed E-state index contributed by atoms with van der Waals surface area (Å²) in [5.74, 6) is 12.2. The van der Waals surface area contributed by atoms with Crippen LogP contribution in [0.4, 0.5) is 4.79 Å². The van der Waals surface area contributed by atoms with Gasteiger partial charge >= 0.3 is 12.1 Å². The summed E-state index contributed by atoms with van der Waals surface area (Å²) in [5.41, 5.74) is 0. The molecule has 0 aromatic heterocycles. The molecule has 25 heavy (non-hydrogen) atoms. The number of esters is 1. The van der Waals surface area contributed by atoms with Gasteiger partial charge in [0.25, 0.3) is 0 Å². The lowest BCUT2D eigenvalue weighted by molar-refractivity contribution is -0.140. The normalized spacial score (nSPS) is 19.2. The summed E-state index contributed by atoms with van der Waals surface area (Å²) in [6.07, 6.45) is 7.10. The first-order valence-corrected chi connectivity index (χ1v) is 8.05. The van der Waals surface area contributed by atoms with Gasteiger partial charge in [-0.3, -0.25) is 4.79 Å². The maximum absolute atomic E-state index is 11.4. The van der Waals surface area contributed by atoms with E-state index >= 15 is 0 Å². The molecule has 6 heteroatoms. The quantitative estimate of drug-likeness (QED) is 0.362. The predicted octanol–water partition coefficient (Wildman–Crippen LogP) is 2.06. The van der Waals surface area contributed by atoms with Crippen molar-refractivity contribution in [3.8, 4) is 36.0 Å². The topological polar surface area (TPSA) is 71.1 Å². The van der Waals surface area contributed by atoms with Crippen LogP contribution in [0.3, 0.4) is 0 Å². The average Bonchev–Trinajstić information content (AvgIpc) is 2.98. The molecular weight excluding hydrogens is 324 g/mol. The van der Waals surface area contributed by atoms with E-state index in [2.05, 4.69) is 34.3 Å². The van der Waals surface area contributed by atoms with Crippen LogP contribution in [0.2, 0.25) is 0 Å². The van der Waals surface area contributed by atoms with E-state index in [-0.39, 0.29) is 5.97 Å². The van der Waals surface area contributed by atoms with Gasteiger partial charge in [-0.05, 0) is 42.9 Å². The highest BCUT2D eigenvalue weighted by Gasteiger charge is 2.41. The number of carbonyl (C=O) groups excluding carboxylic acids is 2. The molecular formula is C19H22O6. The lowest BCUT2D eigenvalue weighted by atomic mass is 10.0. The van der Waals surface area contributed by atoms with Gasteiger partial charge in [-0.15, -0.1) is 6.42 Å². The number of rotatable bonds is 9. The van der Waals surface area contributed by atoms with Gasteiger partial charge in [0, 0.05) is 13.5 Å². The molecule has 1 aliphatic heterocycles. The smallest absolute Gasteiger partial charge is 0.469 e. The molecule has 0 radical (unpaired) electrons. The number of methoxy groups -OCH3 is 2. The Morgan fingerprint density at radius 3 is 2.60 bits per heavy atom. The molecule has 1 aliphatic rings. The van der Waals surface area contributed by atoms with Gasteiger partial charge in [0.15, 0.2) is 12.2 Å². The zero-order valence-electron chi connectivity index (χ0n) is 14.5. The van der Waals surface area contributed by atoms with E-state index in [0.29, 0.717) is 12.8 Å². The SMILES string of the molecule is C#CC#CC#C[C@@H](OC)[C@@H]1OC(=O)O[C@H]1CCCCCCC(=O)OC. The Morgan fingerprint density at radius 1 is 1.16 bits per heavy atom. The molecule has 1 rings (SSSR count). The van der Waals surface area contributed by atoms with Crippen molar-refractivity contribution >= 4 is 12.1 Å². The summed E-state index contributed by atoms with van der Waals surface area (Å²) >= 11 is 0. The Morgan fingerprint density at radius 2 is 1.92 bits per heavy atom. The Bertz CT molecular complexity index is 610. The van der Waals surface area contributed by atoms with Crippen molar-refractivity contribution in [3.05, 3.63) is 0 Å². The van der Waals surface area contributed by atoms with Crippen LogP contribution in [-0.2, 0) is 23.7 Å². The Labute approximate surface area is 148 Å². The van der Waals surface area contributed by atoms with Crippen LogP contribution >= 0.6 is 0 Å². The predicted molar refractivity (Wildman–Crippen MR) is 90.0 cm³/mol. The highest BCUT2D eigenvalue weighted by atomic mass is 16.8. The van der Waals surface area contributed by atoms with Crippen LogP contribution in [0.15, 0.2) is 0 Å². The molecule has 0 aliphatic carbocycles. The second-order valence-electron chi connectivity index (χ2n) is 5.34. The molecule has 0 amide bonds. The number of ether oxygens (including phenoxy) is 4. The number of unbranched alkanes of at least 4 members (excludes halogenated alkanes) is 3. The van der Waals surface area contributed by atoms with Crippen LogP contribution in [0, 0.1) is 36.0 Å². The number of hydrogen-bond acceptors (Lipinski definition) is 6. The van der Waals surface area contributed by atoms with E-state index < -0.39 is 24.5 Å². The molecule has 0 spiro atoms. The molecule has 134 valence electrons. The standard InChI is InChI=1S/C19H22O6/c1-4-5-6-9-12-15(22-2)18-16(24-19(21)25-18)13-10-7-8-11-14-17(20)23-3/h1,15-16,18H,7-8,10-11,13-14H2,2-3H3/t15-,16+,18+/m1/s1. The average molecular weight is 346 g/mol. The van der Waals surface area contributed by atoms with Gasteiger partial charge in [0.2, 0.25) is 0 Å². The van der Waals surface area contributed by atoms with Crippen molar-refractivity contribution in [1.29, 1.82) is 0 Å². The maximum atomic E-state index is 11.4. The first-order chi connectivity index (χ1) is 12.1. The zero-order chi connectivity index (χ0) is 18.5. The summed E-state index contributed by atoms with van der Waals surface area (Å²) in [7, 11) is 2.86. The minimum Gasteiger partial charge on any atom is -0.469 e. The summed E-state index contributed by atoms with van der Waals surface area (Å²) in [4.78, 5) is 22.5. The zero-order valence-corrected chi connectivity index (χ0v) is 14.5. The van der Waals surface area contributed by atoms with E-state index in [0.717, 1.165) is 25.7 Å². The summed E-state index contributed by atoms with van der Waals surface area (Å²) < 4.78 is 20.2. The number of hydrogen-bond donors (Lipinski definition) is 0. The Kier molecular flexibility index (Phi) is 9.68. The Hall–Kier alpha value is -2.62. The van der Waals surface area contributed by atoms with Gasteiger partial charge in [0.1, 0.15) is 6.10 Å². The van der Waals surface area contributed by atoms with E-state index in [1.54, 1.807) is 0 Å². The van der Waals surface area contributed by atoms with Crippen molar-refractivity contribution in [1.82, 2.24) is 0 Å². The van der Waals surface area contributed by atoms with E-state index in [4.69, 9.17) is 20.6 Å². The highest BCUT2D eigenvalue weighted by Crippen LogP contribution is 2.24. The lowest BCUT2D eigenvalue weighted by Gasteiger charge is -2.19. The van der Waals surface area contributed by atoms with Gasteiger partial charge in [-0.25, -0.2) is 4.79 Å². The molecule has 0 unspecified atom stereocenters. The molecule has 0 bridgehead atoms. The summed E-state index contributed by atoms with van der Waals surface area (Å²) in [6, 6.07) is 0. The van der Waals surface area contributed by atoms with Crippen LogP contribution in [-0.4, -0.2) is 44.7 Å². The molecule has 6 nitrogen and oxygen atoms in total. The third-order valence-electron chi connectivity index (χ3n) is 3.66. The van der Waals surface area contributed by atoms with Gasteiger partial charge in [-0.2, -0.15) is 0 Å². The molecule has 1 heterocycles. The maximum Gasteiger partial charge on any atom is 0.509 e. The van der Waals surface area contributed by atoms with Gasteiger partial charge in [0.05, 0.1) is 7.11 Å². The first-order valence-electron chi connectivity index (χ1n) is 8.05. The van der Waals surface area contributed by atoms with Gasteiger partial charge < -0.3 is 18.9 Å². The third kappa shape index (κ3) is 7.66. The van der Waals surface area contributed by atoms with Crippen molar-refractivity contribution in [2.45, 2.75) is 56.8 Å². The largest absolute Gasteiger partial charge is 0.509 e.